The van der Waals surface area contributed by atoms with Gasteiger partial charge in [0.05, 0.1) is 16.3 Å². The van der Waals surface area contributed by atoms with E-state index in [1.807, 2.05) is 30.3 Å². The van der Waals surface area contributed by atoms with Crippen molar-refractivity contribution in [1.29, 1.82) is 0 Å². The number of hydrogen-bond donors (Lipinski definition) is 2. The van der Waals surface area contributed by atoms with Crippen LogP contribution < -0.4 is 10.6 Å². The standard InChI is InChI=1S/C18H14Cl2N4O/c19-14-6-7-16(15(20)8-14)24-18-22-10-13(11-23-18)17(25)21-9-12-4-2-1-3-5-12/h1-8,10-11H,9H2,(H,21,25)(H,22,23,24). The van der Waals surface area contributed by atoms with Crippen LogP contribution in [0.1, 0.15) is 15.9 Å². The molecule has 0 atom stereocenters. The first-order chi connectivity index (χ1) is 12.1. The fourth-order valence-corrected chi connectivity index (χ4v) is 2.56. The predicted octanol–water partition coefficient (Wildman–Crippen LogP) is 4.46. The summed E-state index contributed by atoms with van der Waals surface area (Å²) in [4.78, 5) is 20.4. The SMILES string of the molecule is O=C(NCc1ccccc1)c1cnc(Nc2ccc(Cl)cc2Cl)nc1. The van der Waals surface area contributed by atoms with E-state index in [-0.39, 0.29) is 5.91 Å². The number of carbonyl (C=O) groups is 1. The van der Waals surface area contributed by atoms with Crippen LogP contribution in [-0.2, 0) is 6.54 Å². The minimum Gasteiger partial charge on any atom is -0.348 e. The van der Waals surface area contributed by atoms with Crippen LogP contribution in [0.15, 0.2) is 60.9 Å². The van der Waals surface area contributed by atoms with E-state index in [1.165, 1.54) is 12.4 Å². The van der Waals surface area contributed by atoms with E-state index in [4.69, 9.17) is 23.2 Å². The van der Waals surface area contributed by atoms with Crippen molar-refractivity contribution in [2.24, 2.45) is 0 Å². The summed E-state index contributed by atoms with van der Waals surface area (Å²) < 4.78 is 0. The fraction of sp³-hybridized carbons (Fsp3) is 0.0556. The molecule has 126 valence electrons. The van der Waals surface area contributed by atoms with Crippen LogP contribution in [0.25, 0.3) is 0 Å². The van der Waals surface area contributed by atoms with Crippen LogP contribution >= 0.6 is 23.2 Å². The third kappa shape index (κ3) is 4.68. The molecular weight excluding hydrogens is 359 g/mol. The van der Waals surface area contributed by atoms with Crippen LogP contribution in [-0.4, -0.2) is 15.9 Å². The van der Waals surface area contributed by atoms with E-state index in [2.05, 4.69) is 20.6 Å². The highest BCUT2D eigenvalue weighted by Gasteiger charge is 2.08. The van der Waals surface area contributed by atoms with Crippen molar-refractivity contribution < 1.29 is 4.79 Å². The predicted molar refractivity (Wildman–Crippen MR) is 99.4 cm³/mol. The van der Waals surface area contributed by atoms with Crippen LogP contribution in [0, 0.1) is 0 Å². The van der Waals surface area contributed by atoms with Gasteiger partial charge in [-0.2, -0.15) is 0 Å². The lowest BCUT2D eigenvalue weighted by Crippen LogP contribution is -2.23. The summed E-state index contributed by atoms with van der Waals surface area (Å²) >= 11 is 12.0. The van der Waals surface area contributed by atoms with Gasteiger partial charge in [0.1, 0.15) is 0 Å². The quantitative estimate of drug-likeness (QED) is 0.693. The average Bonchev–Trinajstić information content (AvgIpc) is 2.63. The molecule has 0 spiro atoms. The molecule has 5 nitrogen and oxygen atoms in total. The third-order valence-corrected chi connectivity index (χ3v) is 3.94. The zero-order chi connectivity index (χ0) is 17.6. The molecule has 0 radical (unpaired) electrons. The summed E-state index contributed by atoms with van der Waals surface area (Å²) in [6, 6.07) is 14.7. The molecule has 0 unspecified atom stereocenters. The number of anilines is 2. The monoisotopic (exact) mass is 372 g/mol. The Morgan fingerprint density at radius 1 is 1.00 bits per heavy atom. The Morgan fingerprint density at radius 2 is 1.72 bits per heavy atom. The molecule has 3 rings (SSSR count). The zero-order valence-corrected chi connectivity index (χ0v) is 14.6. The number of rotatable bonds is 5. The Hall–Kier alpha value is -2.63. The van der Waals surface area contributed by atoms with Gasteiger partial charge in [0.2, 0.25) is 5.95 Å². The minimum atomic E-state index is -0.236. The van der Waals surface area contributed by atoms with Crippen molar-refractivity contribution in [2.45, 2.75) is 6.54 Å². The van der Waals surface area contributed by atoms with Crippen molar-refractivity contribution in [2.75, 3.05) is 5.32 Å². The summed E-state index contributed by atoms with van der Waals surface area (Å²) in [5.74, 6) is 0.101. The highest BCUT2D eigenvalue weighted by atomic mass is 35.5. The Labute approximate surface area is 155 Å². The molecule has 3 aromatic rings. The Balaban J connectivity index is 1.62. The molecule has 1 heterocycles. The number of aromatic nitrogens is 2. The smallest absolute Gasteiger partial charge is 0.254 e. The molecule has 7 heteroatoms. The summed E-state index contributed by atoms with van der Waals surface area (Å²) in [6.45, 7) is 0.445. The summed E-state index contributed by atoms with van der Waals surface area (Å²) in [7, 11) is 0. The van der Waals surface area contributed by atoms with Crippen molar-refractivity contribution in [1.82, 2.24) is 15.3 Å². The summed E-state index contributed by atoms with van der Waals surface area (Å²) in [5, 5.41) is 6.81. The van der Waals surface area contributed by atoms with Crippen LogP contribution in [0.4, 0.5) is 11.6 Å². The maximum atomic E-state index is 12.1. The number of halogens is 2. The molecule has 2 N–H and O–H groups in total. The van der Waals surface area contributed by atoms with Crippen molar-refractivity contribution >= 4 is 40.7 Å². The van der Waals surface area contributed by atoms with Gasteiger partial charge >= 0.3 is 0 Å². The van der Waals surface area contributed by atoms with Gasteiger partial charge in [-0.1, -0.05) is 53.5 Å². The van der Waals surface area contributed by atoms with E-state index in [0.717, 1.165) is 5.56 Å². The topological polar surface area (TPSA) is 66.9 Å². The van der Waals surface area contributed by atoms with Gasteiger partial charge in [0, 0.05) is 24.0 Å². The number of nitrogens with one attached hydrogen (secondary N) is 2. The lowest BCUT2D eigenvalue weighted by Gasteiger charge is -2.08. The molecule has 0 saturated heterocycles. The van der Waals surface area contributed by atoms with Gasteiger partial charge in [0.25, 0.3) is 5.91 Å². The number of nitrogens with zero attached hydrogens (tertiary/aromatic N) is 2. The van der Waals surface area contributed by atoms with Crippen LogP contribution in [0.2, 0.25) is 10.0 Å². The third-order valence-electron chi connectivity index (χ3n) is 3.39. The maximum Gasteiger partial charge on any atom is 0.254 e. The van der Waals surface area contributed by atoms with E-state index >= 15 is 0 Å². The van der Waals surface area contributed by atoms with E-state index in [0.29, 0.717) is 33.8 Å². The van der Waals surface area contributed by atoms with Gasteiger partial charge in [-0.05, 0) is 23.8 Å². The number of amides is 1. The summed E-state index contributed by atoms with van der Waals surface area (Å²) in [5.41, 5.74) is 2.03. The summed E-state index contributed by atoms with van der Waals surface area (Å²) in [6.07, 6.45) is 2.92. The first-order valence-electron chi connectivity index (χ1n) is 7.48. The lowest BCUT2D eigenvalue weighted by molar-refractivity contribution is 0.0950. The largest absolute Gasteiger partial charge is 0.348 e. The molecule has 0 bridgehead atoms. The van der Waals surface area contributed by atoms with Crippen molar-refractivity contribution in [3.63, 3.8) is 0 Å². The molecule has 0 aliphatic carbocycles. The number of hydrogen-bond acceptors (Lipinski definition) is 4. The Morgan fingerprint density at radius 3 is 2.40 bits per heavy atom. The molecule has 0 aliphatic heterocycles. The Kier molecular flexibility index (Phi) is 5.48. The maximum absolute atomic E-state index is 12.1. The molecular formula is C18H14Cl2N4O. The van der Waals surface area contributed by atoms with Gasteiger partial charge in [-0.15, -0.1) is 0 Å². The van der Waals surface area contributed by atoms with E-state index in [9.17, 15) is 4.79 Å². The van der Waals surface area contributed by atoms with Gasteiger partial charge in [-0.3, -0.25) is 4.79 Å². The molecule has 0 fully saturated rings. The normalized spacial score (nSPS) is 10.3. The second-order valence-corrected chi connectivity index (χ2v) is 6.06. The van der Waals surface area contributed by atoms with Crippen LogP contribution in [0.3, 0.4) is 0 Å². The molecule has 2 aromatic carbocycles. The second-order valence-electron chi connectivity index (χ2n) is 5.21. The van der Waals surface area contributed by atoms with Gasteiger partial charge in [0.15, 0.2) is 0 Å². The van der Waals surface area contributed by atoms with Crippen LogP contribution in [0.5, 0.6) is 0 Å². The highest BCUT2D eigenvalue weighted by Crippen LogP contribution is 2.27. The number of carbonyl (C=O) groups excluding carboxylic acids is 1. The average molecular weight is 373 g/mol. The Bertz CT molecular complexity index is 870. The fourth-order valence-electron chi connectivity index (χ4n) is 2.10. The minimum absolute atomic E-state index is 0.236. The molecule has 25 heavy (non-hydrogen) atoms. The van der Waals surface area contributed by atoms with Crippen molar-refractivity contribution in [3.05, 3.63) is 82.1 Å². The van der Waals surface area contributed by atoms with E-state index in [1.54, 1.807) is 18.2 Å². The zero-order valence-electron chi connectivity index (χ0n) is 13.0. The van der Waals surface area contributed by atoms with E-state index < -0.39 is 0 Å². The van der Waals surface area contributed by atoms with Gasteiger partial charge < -0.3 is 10.6 Å². The molecule has 0 saturated carbocycles. The first-order valence-corrected chi connectivity index (χ1v) is 8.23. The molecule has 1 aromatic heterocycles. The highest BCUT2D eigenvalue weighted by molar-refractivity contribution is 6.36. The first kappa shape index (κ1) is 17.2. The number of benzene rings is 2. The lowest BCUT2D eigenvalue weighted by atomic mass is 10.2. The molecule has 1 amide bonds. The van der Waals surface area contributed by atoms with Crippen molar-refractivity contribution in [3.8, 4) is 0 Å². The van der Waals surface area contributed by atoms with Gasteiger partial charge in [-0.25, -0.2) is 9.97 Å². The second kappa shape index (κ2) is 7.96. The molecule has 0 aliphatic rings.